The van der Waals surface area contributed by atoms with Crippen molar-refractivity contribution in [3.05, 3.63) is 29.8 Å². The predicted octanol–water partition coefficient (Wildman–Crippen LogP) is 3.01. The van der Waals surface area contributed by atoms with E-state index in [4.69, 9.17) is 4.74 Å². The molecule has 0 unspecified atom stereocenters. The van der Waals surface area contributed by atoms with Crippen LogP contribution in [0.25, 0.3) is 0 Å². The van der Waals surface area contributed by atoms with Crippen LogP contribution in [0.2, 0.25) is 0 Å². The van der Waals surface area contributed by atoms with Crippen molar-refractivity contribution in [2.75, 3.05) is 45.2 Å². The first-order chi connectivity index (χ1) is 9.13. The van der Waals surface area contributed by atoms with Gasteiger partial charge in [-0.05, 0) is 24.5 Å². The van der Waals surface area contributed by atoms with Crippen LogP contribution < -0.4 is 5.32 Å². The molecule has 0 aliphatic carbocycles. The van der Waals surface area contributed by atoms with Crippen LogP contribution in [-0.2, 0) is 4.74 Å². The van der Waals surface area contributed by atoms with E-state index in [0.717, 1.165) is 32.8 Å². The fraction of sp³-hybridized carbons (Fsp3) is 0.625. The van der Waals surface area contributed by atoms with E-state index in [1.54, 1.807) is 7.11 Å². The largest absolute Gasteiger partial charge is 0.384 e. The number of nitrogens with one attached hydrogen (secondary N) is 1. The lowest BCUT2D eigenvalue weighted by molar-refractivity contribution is 0.143. The van der Waals surface area contributed by atoms with Crippen molar-refractivity contribution in [2.24, 2.45) is 5.92 Å². The van der Waals surface area contributed by atoms with E-state index >= 15 is 0 Å². The van der Waals surface area contributed by atoms with Gasteiger partial charge < -0.3 is 10.1 Å². The summed E-state index contributed by atoms with van der Waals surface area (Å²) < 4.78 is 5.18. The maximum atomic E-state index is 5.18. The molecule has 0 fully saturated rings. The first-order valence-corrected chi connectivity index (χ1v) is 7.14. The molecule has 0 bridgehead atoms. The average Bonchev–Trinajstić information content (AvgIpc) is 2.37. The van der Waals surface area contributed by atoms with Crippen LogP contribution in [0.4, 0.5) is 5.69 Å². The van der Waals surface area contributed by atoms with Gasteiger partial charge in [-0.1, -0.05) is 32.0 Å². The van der Waals surface area contributed by atoms with Gasteiger partial charge in [-0.2, -0.15) is 0 Å². The van der Waals surface area contributed by atoms with E-state index in [1.807, 2.05) is 0 Å². The molecule has 0 heterocycles. The summed E-state index contributed by atoms with van der Waals surface area (Å²) in [5.41, 5.74) is 2.54. The normalized spacial score (nSPS) is 11.3. The van der Waals surface area contributed by atoms with Gasteiger partial charge in [0.25, 0.3) is 0 Å². The van der Waals surface area contributed by atoms with Gasteiger partial charge in [0, 0.05) is 39.0 Å². The molecule has 0 radical (unpaired) electrons. The highest BCUT2D eigenvalue weighted by Gasteiger charge is 2.07. The Labute approximate surface area is 118 Å². The van der Waals surface area contributed by atoms with Gasteiger partial charge in [0.05, 0.1) is 6.61 Å². The van der Waals surface area contributed by atoms with Crippen LogP contribution >= 0.6 is 0 Å². The molecule has 108 valence electrons. The summed E-state index contributed by atoms with van der Waals surface area (Å²) in [5.74, 6) is 0.690. The van der Waals surface area contributed by atoms with E-state index < -0.39 is 0 Å². The minimum Gasteiger partial charge on any atom is -0.384 e. The average molecular weight is 264 g/mol. The van der Waals surface area contributed by atoms with Gasteiger partial charge >= 0.3 is 0 Å². The van der Waals surface area contributed by atoms with Gasteiger partial charge in [-0.25, -0.2) is 0 Å². The van der Waals surface area contributed by atoms with Crippen LogP contribution in [0.15, 0.2) is 24.3 Å². The molecule has 0 aromatic heterocycles. The second kappa shape index (κ2) is 8.94. The Kier molecular flexibility index (Phi) is 7.53. The Morgan fingerprint density at radius 3 is 2.58 bits per heavy atom. The first kappa shape index (κ1) is 16.0. The molecule has 1 aromatic carbocycles. The lowest BCUT2D eigenvalue weighted by Crippen LogP contribution is -2.35. The molecule has 19 heavy (non-hydrogen) atoms. The van der Waals surface area contributed by atoms with E-state index in [-0.39, 0.29) is 0 Å². The monoisotopic (exact) mass is 264 g/mol. The molecule has 3 heteroatoms. The van der Waals surface area contributed by atoms with Gasteiger partial charge in [-0.15, -0.1) is 0 Å². The summed E-state index contributed by atoms with van der Waals surface area (Å²) in [6.45, 7) is 11.6. The molecule has 0 aliphatic rings. The van der Waals surface area contributed by atoms with Crippen LogP contribution in [0.5, 0.6) is 0 Å². The first-order valence-electron chi connectivity index (χ1n) is 7.14. The lowest BCUT2D eigenvalue weighted by Gasteiger charge is -2.24. The molecule has 1 rings (SSSR count). The molecule has 0 amide bonds. The SMILES string of the molecule is COCCN(CCNc1ccccc1C)CC(C)C. The van der Waals surface area contributed by atoms with Crippen LogP contribution in [0, 0.1) is 12.8 Å². The number of methoxy groups -OCH3 is 1. The third-order valence-electron chi connectivity index (χ3n) is 3.12. The fourth-order valence-electron chi connectivity index (χ4n) is 2.15. The maximum absolute atomic E-state index is 5.18. The molecular weight excluding hydrogens is 236 g/mol. The highest BCUT2D eigenvalue weighted by Crippen LogP contribution is 2.12. The smallest absolute Gasteiger partial charge is 0.0589 e. The Bertz CT molecular complexity index is 352. The summed E-state index contributed by atoms with van der Waals surface area (Å²) in [5, 5.41) is 3.51. The molecule has 1 aromatic rings. The Hall–Kier alpha value is -1.06. The zero-order valence-electron chi connectivity index (χ0n) is 12.8. The number of benzene rings is 1. The number of nitrogens with zero attached hydrogens (tertiary/aromatic N) is 1. The number of aryl methyl sites for hydroxylation is 1. The Morgan fingerprint density at radius 1 is 1.21 bits per heavy atom. The standard InChI is InChI=1S/C16H28N2O/c1-14(2)13-18(11-12-19-4)10-9-17-16-8-6-5-7-15(16)3/h5-8,14,17H,9-13H2,1-4H3. The Balaban J connectivity index is 2.36. The molecule has 1 N–H and O–H groups in total. The van der Waals surface area contributed by atoms with E-state index in [2.05, 4.69) is 55.3 Å². The quantitative estimate of drug-likeness (QED) is 0.742. The van der Waals surface area contributed by atoms with Gasteiger partial charge in [0.1, 0.15) is 0 Å². The van der Waals surface area contributed by atoms with Crippen molar-refractivity contribution in [1.82, 2.24) is 4.90 Å². The minimum absolute atomic E-state index is 0.690. The zero-order valence-corrected chi connectivity index (χ0v) is 12.8. The van der Waals surface area contributed by atoms with E-state index in [9.17, 15) is 0 Å². The van der Waals surface area contributed by atoms with Crippen LogP contribution in [0.3, 0.4) is 0 Å². The summed E-state index contributed by atoms with van der Waals surface area (Å²) in [6.07, 6.45) is 0. The molecular formula is C16H28N2O. The summed E-state index contributed by atoms with van der Waals surface area (Å²) in [4.78, 5) is 2.46. The number of hydrogen-bond acceptors (Lipinski definition) is 3. The van der Waals surface area contributed by atoms with Crippen molar-refractivity contribution in [3.8, 4) is 0 Å². The lowest BCUT2D eigenvalue weighted by atomic mass is 10.2. The van der Waals surface area contributed by atoms with E-state index in [0.29, 0.717) is 5.92 Å². The molecule has 0 atom stereocenters. The maximum Gasteiger partial charge on any atom is 0.0589 e. The highest BCUT2D eigenvalue weighted by atomic mass is 16.5. The number of rotatable bonds is 9. The van der Waals surface area contributed by atoms with Gasteiger partial charge in [0.15, 0.2) is 0 Å². The summed E-state index contributed by atoms with van der Waals surface area (Å²) in [7, 11) is 1.76. The molecule has 0 spiro atoms. The second-order valence-corrected chi connectivity index (χ2v) is 5.43. The summed E-state index contributed by atoms with van der Waals surface area (Å²) >= 11 is 0. The van der Waals surface area contributed by atoms with Crippen molar-refractivity contribution in [3.63, 3.8) is 0 Å². The van der Waals surface area contributed by atoms with Gasteiger partial charge in [0.2, 0.25) is 0 Å². The third-order valence-corrected chi connectivity index (χ3v) is 3.12. The van der Waals surface area contributed by atoms with Gasteiger partial charge in [-0.3, -0.25) is 4.90 Å². The molecule has 0 saturated heterocycles. The molecule has 3 nitrogen and oxygen atoms in total. The topological polar surface area (TPSA) is 24.5 Å². The molecule has 0 saturated carbocycles. The fourth-order valence-corrected chi connectivity index (χ4v) is 2.15. The van der Waals surface area contributed by atoms with E-state index in [1.165, 1.54) is 11.3 Å². The second-order valence-electron chi connectivity index (χ2n) is 5.43. The predicted molar refractivity (Wildman–Crippen MR) is 82.8 cm³/mol. The number of hydrogen-bond donors (Lipinski definition) is 1. The van der Waals surface area contributed by atoms with Crippen LogP contribution in [-0.4, -0.2) is 44.8 Å². The summed E-state index contributed by atoms with van der Waals surface area (Å²) in [6, 6.07) is 8.42. The van der Waals surface area contributed by atoms with Crippen molar-refractivity contribution >= 4 is 5.69 Å². The third kappa shape index (κ3) is 6.60. The minimum atomic E-state index is 0.690. The Morgan fingerprint density at radius 2 is 1.95 bits per heavy atom. The highest BCUT2D eigenvalue weighted by molar-refractivity contribution is 5.50. The van der Waals surface area contributed by atoms with Crippen LogP contribution in [0.1, 0.15) is 19.4 Å². The molecule has 0 aliphatic heterocycles. The zero-order chi connectivity index (χ0) is 14.1. The van der Waals surface area contributed by atoms with Crippen molar-refractivity contribution in [2.45, 2.75) is 20.8 Å². The van der Waals surface area contributed by atoms with Crippen molar-refractivity contribution < 1.29 is 4.74 Å². The van der Waals surface area contributed by atoms with Crippen molar-refractivity contribution in [1.29, 1.82) is 0 Å². The number of para-hydroxylation sites is 1. The number of anilines is 1. The number of ether oxygens (including phenoxy) is 1.